The molecular weight excluding hydrogens is 244 g/mol. The van der Waals surface area contributed by atoms with Gasteiger partial charge >= 0.3 is 5.97 Å². The van der Waals surface area contributed by atoms with Gasteiger partial charge < -0.3 is 4.74 Å². The second-order valence-electron chi connectivity index (χ2n) is 5.25. The highest BCUT2D eigenvalue weighted by Gasteiger charge is 2.16. The minimum atomic E-state index is -0.298. The number of thioether (sulfide) groups is 1. The Hall–Kier alpha value is -0.700. The van der Waals surface area contributed by atoms with E-state index in [2.05, 4.69) is 37.8 Å². The third-order valence-corrected chi connectivity index (χ3v) is 4.30. The molecule has 104 valence electrons. The lowest BCUT2D eigenvalue weighted by Crippen LogP contribution is -2.14. The van der Waals surface area contributed by atoms with Crippen molar-refractivity contribution in [1.82, 2.24) is 0 Å². The molecule has 18 heavy (non-hydrogen) atoms. The molecule has 0 aliphatic rings. The fraction of sp³-hybridized carbons (Fsp3) is 0.667. The lowest BCUT2D eigenvalue weighted by molar-refractivity contribution is -0.134. The molecule has 0 radical (unpaired) electrons. The molecule has 0 N–H and O–H groups in total. The van der Waals surface area contributed by atoms with Gasteiger partial charge in [0.1, 0.15) is 0 Å². The highest BCUT2D eigenvalue weighted by molar-refractivity contribution is 7.99. The topological polar surface area (TPSA) is 26.3 Å². The van der Waals surface area contributed by atoms with Crippen molar-refractivity contribution in [2.75, 3.05) is 13.4 Å². The molecule has 0 amide bonds. The summed E-state index contributed by atoms with van der Waals surface area (Å²) < 4.78 is 4.93. The molecule has 1 unspecified atom stereocenters. The Labute approximate surface area is 116 Å². The molecule has 0 saturated heterocycles. The average Bonchev–Trinajstić information content (AvgIpc) is 2.33. The average molecular weight is 270 g/mol. The number of hydrogen-bond donors (Lipinski definition) is 0. The number of methoxy groups -OCH3 is 1. The minimum absolute atomic E-state index is 0.298. The van der Waals surface area contributed by atoms with Gasteiger partial charge in [0, 0.05) is 10.8 Å². The van der Waals surface area contributed by atoms with E-state index < -0.39 is 0 Å². The van der Waals surface area contributed by atoms with Gasteiger partial charge in [-0.15, -0.1) is 0 Å². The van der Waals surface area contributed by atoms with Crippen LogP contribution >= 0.6 is 11.8 Å². The van der Waals surface area contributed by atoms with Gasteiger partial charge in [0.15, 0.2) is 0 Å². The van der Waals surface area contributed by atoms with Crippen molar-refractivity contribution in [3.05, 3.63) is 23.8 Å². The smallest absolute Gasteiger partial charge is 0.330 e. The molecule has 0 rings (SSSR count). The normalized spacial score (nSPS) is 14.9. The Balaban J connectivity index is 4.19. The Morgan fingerprint density at radius 1 is 1.44 bits per heavy atom. The SMILES string of the molecule is COC(=O)C=C(C)C=CC(C)CCC(C)(C)SC. The van der Waals surface area contributed by atoms with Gasteiger partial charge in [-0.05, 0) is 37.5 Å². The highest BCUT2D eigenvalue weighted by atomic mass is 32.2. The molecular formula is C15H26O2S. The summed E-state index contributed by atoms with van der Waals surface area (Å²) in [6, 6.07) is 0. The van der Waals surface area contributed by atoms with Crippen molar-refractivity contribution in [3.63, 3.8) is 0 Å². The van der Waals surface area contributed by atoms with Gasteiger partial charge in [0.05, 0.1) is 7.11 Å². The minimum Gasteiger partial charge on any atom is -0.466 e. The van der Waals surface area contributed by atoms with Crippen LogP contribution in [0.25, 0.3) is 0 Å². The maximum atomic E-state index is 11.0. The molecule has 0 aliphatic carbocycles. The first-order valence-electron chi connectivity index (χ1n) is 6.30. The largest absolute Gasteiger partial charge is 0.466 e. The van der Waals surface area contributed by atoms with Gasteiger partial charge in [-0.25, -0.2) is 4.79 Å². The molecule has 0 spiro atoms. The van der Waals surface area contributed by atoms with Gasteiger partial charge in [0.25, 0.3) is 0 Å². The summed E-state index contributed by atoms with van der Waals surface area (Å²) in [6.07, 6.45) is 10.2. The van der Waals surface area contributed by atoms with E-state index in [1.165, 1.54) is 19.6 Å². The summed E-state index contributed by atoms with van der Waals surface area (Å²) >= 11 is 1.91. The molecule has 0 aromatic carbocycles. The van der Waals surface area contributed by atoms with Crippen LogP contribution in [0.3, 0.4) is 0 Å². The third-order valence-electron chi connectivity index (χ3n) is 2.99. The van der Waals surface area contributed by atoms with Crippen LogP contribution in [-0.2, 0) is 9.53 Å². The Bertz CT molecular complexity index is 316. The van der Waals surface area contributed by atoms with E-state index in [-0.39, 0.29) is 5.97 Å². The summed E-state index contributed by atoms with van der Waals surface area (Å²) in [5, 5.41) is 0. The van der Waals surface area contributed by atoms with Crippen molar-refractivity contribution < 1.29 is 9.53 Å². The standard InChI is InChI=1S/C15H26O2S/c1-12(9-10-15(3,4)18-6)7-8-13(2)11-14(16)17-5/h7-8,11-12H,9-10H2,1-6H3. The number of allylic oxidation sites excluding steroid dienone is 3. The zero-order chi connectivity index (χ0) is 14.2. The second kappa shape index (κ2) is 8.41. The number of rotatable bonds is 7. The van der Waals surface area contributed by atoms with Crippen LogP contribution < -0.4 is 0 Å². The molecule has 0 aromatic rings. The van der Waals surface area contributed by atoms with Crippen LogP contribution in [0.2, 0.25) is 0 Å². The molecule has 0 bridgehead atoms. The monoisotopic (exact) mass is 270 g/mol. The van der Waals surface area contributed by atoms with E-state index >= 15 is 0 Å². The lowest BCUT2D eigenvalue weighted by atomic mass is 9.98. The predicted octanol–water partition coefficient (Wildman–Crippen LogP) is 4.22. The molecule has 3 heteroatoms. The summed E-state index contributed by atoms with van der Waals surface area (Å²) in [5.41, 5.74) is 0.929. The van der Waals surface area contributed by atoms with E-state index in [9.17, 15) is 4.79 Å². The van der Waals surface area contributed by atoms with Crippen molar-refractivity contribution in [2.45, 2.75) is 45.3 Å². The second-order valence-corrected chi connectivity index (χ2v) is 6.76. The van der Waals surface area contributed by atoms with Crippen molar-refractivity contribution in [1.29, 1.82) is 0 Å². The van der Waals surface area contributed by atoms with Gasteiger partial charge in [-0.3, -0.25) is 0 Å². The first kappa shape index (κ1) is 17.3. The van der Waals surface area contributed by atoms with Crippen LogP contribution in [0.1, 0.15) is 40.5 Å². The number of esters is 1. The molecule has 0 fully saturated rings. The van der Waals surface area contributed by atoms with Gasteiger partial charge in [-0.2, -0.15) is 11.8 Å². The fourth-order valence-corrected chi connectivity index (χ4v) is 1.70. The van der Waals surface area contributed by atoms with Gasteiger partial charge in [-0.1, -0.05) is 32.9 Å². The molecule has 0 aliphatic heterocycles. The van der Waals surface area contributed by atoms with E-state index in [4.69, 9.17) is 0 Å². The van der Waals surface area contributed by atoms with Crippen molar-refractivity contribution in [2.24, 2.45) is 5.92 Å². The Morgan fingerprint density at radius 2 is 2.06 bits per heavy atom. The van der Waals surface area contributed by atoms with Crippen LogP contribution in [0.15, 0.2) is 23.8 Å². The van der Waals surface area contributed by atoms with E-state index in [0.29, 0.717) is 10.7 Å². The van der Waals surface area contributed by atoms with E-state index in [1.54, 1.807) is 0 Å². The van der Waals surface area contributed by atoms with E-state index in [1.807, 2.05) is 24.8 Å². The van der Waals surface area contributed by atoms with Crippen LogP contribution in [0.4, 0.5) is 0 Å². The summed E-state index contributed by atoms with van der Waals surface area (Å²) in [5.74, 6) is 0.228. The van der Waals surface area contributed by atoms with E-state index in [0.717, 1.165) is 12.0 Å². The summed E-state index contributed by atoms with van der Waals surface area (Å²) in [6.45, 7) is 8.66. The zero-order valence-electron chi connectivity index (χ0n) is 12.4. The van der Waals surface area contributed by atoms with Crippen LogP contribution in [-0.4, -0.2) is 24.1 Å². The number of carbonyl (C=O) groups is 1. The molecule has 1 atom stereocenters. The van der Waals surface area contributed by atoms with Crippen LogP contribution in [0.5, 0.6) is 0 Å². The summed E-state index contributed by atoms with van der Waals surface area (Å²) in [4.78, 5) is 11.0. The fourth-order valence-electron chi connectivity index (χ4n) is 1.38. The molecule has 0 saturated carbocycles. The van der Waals surface area contributed by atoms with Crippen molar-refractivity contribution in [3.8, 4) is 0 Å². The summed E-state index contributed by atoms with van der Waals surface area (Å²) in [7, 11) is 1.39. The lowest BCUT2D eigenvalue weighted by Gasteiger charge is -2.22. The molecule has 2 nitrogen and oxygen atoms in total. The predicted molar refractivity (Wildman–Crippen MR) is 80.9 cm³/mol. The first-order valence-corrected chi connectivity index (χ1v) is 7.53. The van der Waals surface area contributed by atoms with Crippen LogP contribution in [0, 0.1) is 5.92 Å². The maximum Gasteiger partial charge on any atom is 0.330 e. The Morgan fingerprint density at radius 3 is 2.56 bits per heavy atom. The Kier molecular flexibility index (Phi) is 8.08. The number of carbonyl (C=O) groups excluding carboxylic acids is 1. The van der Waals surface area contributed by atoms with Crippen molar-refractivity contribution >= 4 is 17.7 Å². The highest BCUT2D eigenvalue weighted by Crippen LogP contribution is 2.28. The number of hydrogen-bond acceptors (Lipinski definition) is 3. The van der Waals surface area contributed by atoms with Gasteiger partial charge in [0.2, 0.25) is 0 Å². The maximum absolute atomic E-state index is 11.0. The zero-order valence-corrected chi connectivity index (χ0v) is 13.3. The quantitative estimate of drug-likeness (QED) is 0.393. The molecule has 0 aromatic heterocycles. The third kappa shape index (κ3) is 8.40. The molecule has 0 heterocycles. The number of ether oxygens (including phenoxy) is 1. The first-order chi connectivity index (χ1) is 8.30.